The fraction of sp³-hybridized carbons (Fsp3) is 0.600. The summed E-state index contributed by atoms with van der Waals surface area (Å²) in [6, 6.07) is 3.49. The lowest BCUT2D eigenvalue weighted by Crippen LogP contribution is -2.34. The molecule has 0 bridgehead atoms. The van der Waals surface area contributed by atoms with Crippen LogP contribution in [-0.4, -0.2) is 39.5 Å². The summed E-state index contributed by atoms with van der Waals surface area (Å²) in [5.41, 5.74) is 0.825. The number of aliphatic hydroxyl groups excluding tert-OH is 2. The molecule has 118 valence electrons. The van der Waals surface area contributed by atoms with Crippen LogP contribution in [0.15, 0.2) is 18.3 Å². The Balaban J connectivity index is 2.38. The van der Waals surface area contributed by atoms with Crippen molar-refractivity contribution < 1.29 is 19.7 Å². The monoisotopic (exact) mass is 296 g/mol. The average Bonchev–Trinajstić information content (AvgIpc) is 2.36. The van der Waals surface area contributed by atoms with Gasteiger partial charge in [-0.25, -0.2) is 4.79 Å². The molecule has 6 heteroatoms. The van der Waals surface area contributed by atoms with Crippen LogP contribution in [0.3, 0.4) is 0 Å². The van der Waals surface area contributed by atoms with E-state index in [0.29, 0.717) is 5.69 Å². The summed E-state index contributed by atoms with van der Waals surface area (Å²) in [5, 5.41) is 22.4. The number of alkyl carbamates (subject to hydrolysis) is 1. The molecule has 0 aromatic carbocycles. The number of amides is 1. The number of nitrogens with zero attached hydrogens (tertiary/aromatic N) is 1. The standard InChI is InChI=1S/C15H24N2O4/c1-10-5-6-11(17-9-10)13(19)12(18)7-8-16-14(20)21-15(2,3)4/h5-6,9,12-13,18-19H,7-8H2,1-4H3,(H,16,20). The summed E-state index contributed by atoms with van der Waals surface area (Å²) in [6.07, 6.45) is -0.793. The van der Waals surface area contributed by atoms with Gasteiger partial charge in [-0.1, -0.05) is 6.07 Å². The maximum absolute atomic E-state index is 11.4. The number of carbonyl (C=O) groups is 1. The number of carbonyl (C=O) groups excluding carboxylic acids is 1. The van der Waals surface area contributed by atoms with E-state index in [2.05, 4.69) is 10.3 Å². The van der Waals surface area contributed by atoms with Gasteiger partial charge in [0.2, 0.25) is 0 Å². The molecule has 6 nitrogen and oxygen atoms in total. The quantitative estimate of drug-likeness (QED) is 0.769. The fourth-order valence-corrected chi connectivity index (χ4v) is 1.65. The van der Waals surface area contributed by atoms with Gasteiger partial charge in [0.05, 0.1) is 11.8 Å². The van der Waals surface area contributed by atoms with E-state index in [1.54, 1.807) is 33.0 Å². The van der Waals surface area contributed by atoms with Crippen LogP contribution in [0.4, 0.5) is 4.79 Å². The van der Waals surface area contributed by atoms with Gasteiger partial charge >= 0.3 is 6.09 Å². The van der Waals surface area contributed by atoms with E-state index in [1.165, 1.54) is 0 Å². The molecule has 1 aromatic heterocycles. The van der Waals surface area contributed by atoms with E-state index in [0.717, 1.165) is 5.56 Å². The molecule has 0 radical (unpaired) electrons. The van der Waals surface area contributed by atoms with Crippen LogP contribution in [0, 0.1) is 6.92 Å². The summed E-state index contributed by atoms with van der Waals surface area (Å²) in [7, 11) is 0. The van der Waals surface area contributed by atoms with Crippen molar-refractivity contribution in [3.05, 3.63) is 29.6 Å². The van der Waals surface area contributed by atoms with E-state index in [4.69, 9.17) is 4.74 Å². The van der Waals surface area contributed by atoms with Crippen molar-refractivity contribution in [2.24, 2.45) is 0 Å². The molecular weight excluding hydrogens is 272 g/mol. The van der Waals surface area contributed by atoms with E-state index in [1.807, 2.05) is 13.0 Å². The lowest BCUT2D eigenvalue weighted by molar-refractivity contribution is 0.00992. The van der Waals surface area contributed by atoms with Crippen LogP contribution >= 0.6 is 0 Å². The van der Waals surface area contributed by atoms with E-state index < -0.39 is 23.9 Å². The zero-order chi connectivity index (χ0) is 16.0. The van der Waals surface area contributed by atoms with E-state index in [9.17, 15) is 15.0 Å². The number of aromatic nitrogens is 1. The number of ether oxygens (including phenoxy) is 1. The van der Waals surface area contributed by atoms with Gasteiger partial charge in [0.25, 0.3) is 0 Å². The van der Waals surface area contributed by atoms with Gasteiger partial charge in [0.15, 0.2) is 0 Å². The Morgan fingerprint density at radius 3 is 2.57 bits per heavy atom. The molecule has 2 atom stereocenters. The Morgan fingerprint density at radius 1 is 1.38 bits per heavy atom. The second kappa shape index (κ2) is 7.38. The Hall–Kier alpha value is -1.66. The lowest BCUT2D eigenvalue weighted by atomic mass is 10.1. The molecule has 1 heterocycles. The largest absolute Gasteiger partial charge is 0.444 e. The number of hydrogen-bond donors (Lipinski definition) is 3. The number of rotatable bonds is 5. The van der Waals surface area contributed by atoms with Gasteiger partial charge in [-0.2, -0.15) is 0 Å². The lowest BCUT2D eigenvalue weighted by Gasteiger charge is -2.21. The first kappa shape index (κ1) is 17.4. The summed E-state index contributed by atoms with van der Waals surface area (Å²) in [4.78, 5) is 15.5. The summed E-state index contributed by atoms with van der Waals surface area (Å²) < 4.78 is 5.07. The Labute approximate surface area is 125 Å². The Kier molecular flexibility index (Phi) is 6.11. The molecule has 1 amide bonds. The number of aryl methyl sites for hydroxylation is 1. The minimum atomic E-state index is -1.08. The van der Waals surface area contributed by atoms with Crippen molar-refractivity contribution in [3.63, 3.8) is 0 Å². The minimum Gasteiger partial charge on any atom is -0.444 e. The predicted octanol–water partition coefficient (Wildman–Crippen LogP) is 1.70. The van der Waals surface area contributed by atoms with Gasteiger partial charge in [0.1, 0.15) is 11.7 Å². The zero-order valence-corrected chi connectivity index (χ0v) is 13.0. The molecule has 0 aliphatic heterocycles. The summed E-state index contributed by atoms with van der Waals surface area (Å²) in [5.74, 6) is 0. The van der Waals surface area contributed by atoms with Crippen LogP contribution in [-0.2, 0) is 4.74 Å². The molecule has 0 spiro atoms. The molecule has 0 saturated carbocycles. The molecule has 0 aliphatic rings. The van der Waals surface area contributed by atoms with Crippen molar-refractivity contribution >= 4 is 6.09 Å². The van der Waals surface area contributed by atoms with Crippen LogP contribution in [0.1, 0.15) is 44.6 Å². The van der Waals surface area contributed by atoms with Gasteiger partial charge in [-0.05, 0) is 45.7 Å². The van der Waals surface area contributed by atoms with E-state index >= 15 is 0 Å². The average molecular weight is 296 g/mol. The van der Waals surface area contributed by atoms with Gasteiger partial charge < -0.3 is 20.3 Å². The van der Waals surface area contributed by atoms with Crippen LogP contribution in [0.5, 0.6) is 0 Å². The highest BCUT2D eigenvalue weighted by atomic mass is 16.6. The van der Waals surface area contributed by atoms with Crippen LogP contribution in [0.2, 0.25) is 0 Å². The molecule has 21 heavy (non-hydrogen) atoms. The highest BCUT2D eigenvalue weighted by molar-refractivity contribution is 5.67. The number of aliphatic hydroxyl groups is 2. The smallest absolute Gasteiger partial charge is 0.407 e. The van der Waals surface area contributed by atoms with Gasteiger partial charge in [-0.3, -0.25) is 4.98 Å². The first-order valence-corrected chi connectivity index (χ1v) is 6.94. The number of pyridine rings is 1. The highest BCUT2D eigenvalue weighted by Crippen LogP contribution is 2.16. The van der Waals surface area contributed by atoms with Gasteiger partial charge in [0, 0.05) is 12.7 Å². The number of nitrogens with one attached hydrogen (secondary N) is 1. The fourth-order valence-electron chi connectivity index (χ4n) is 1.65. The van der Waals surface area contributed by atoms with Crippen molar-refractivity contribution in [1.82, 2.24) is 10.3 Å². The molecule has 2 unspecified atom stereocenters. The molecule has 1 rings (SSSR count). The Bertz CT molecular complexity index is 454. The molecule has 3 N–H and O–H groups in total. The van der Waals surface area contributed by atoms with Crippen molar-refractivity contribution in [2.45, 2.75) is 51.9 Å². The van der Waals surface area contributed by atoms with Crippen molar-refractivity contribution in [2.75, 3.05) is 6.54 Å². The molecule has 0 fully saturated rings. The molecular formula is C15H24N2O4. The van der Waals surface area contributed by atoms with Crippen LogP contribution in [0.25, 0.3) is 0 Å². The van der Waals surface area contributed by atoms with E-state index in [-0.39, 0.29) is 13.0 Å². The third-order valence-electron chi connectivity index (χ3n) is 2.71. The molecule has 0 aliphatic carbocycles. The first-order valence-electron chi connectivity index (χ1n) is 6.94. The SMILES string of the molecule is Cc1ccc(C(O)C(O)CCNC(=O)OC(C)(C)C)nc1. The maximum atomic E-state index is 11.4. The van der Waals surface area contributed by atoms with Crippen LogP contribution < -0.4 is 5.32 Å². The van der Waals surface area contributed by atoms with Crippen molar-refractivity contribution in [3.8, 4) is 0 Å². The third-order valence-corrected chi connectivity index (χ3v) is 2.71. The Morgan fingerprint density at radius 2 is 2.05 bits per heavy atom. The van der Waals surface area contributed by atoms with Crippen molar-refractivity contribution in [1.29, 1.82) is 0 Å². The first-order chi connectivity index (χ1) is 9.69. The predicted molar refractivity (Wildman–Crippen MR) is 78.8 cm³/mol. The second-order valence-electron chi connectivity index (χ2n) is 5.99. The third kappa shape index (κ3) is 6.55. The maximum Gasteiger partial charge on any atom is 0.407 e. The molecule has 1 aromatic rings. The topological polar surface area (TPSA) is 91.7 Å². The normalized spacial score (nSPS) is 14.4. The van der Waals surface area contributed by atoms with Gasteiger partial charge in [-0.15, -0.1) is 0 Å². The number of hydrogen-bond acceptors (Lipinski definition) is 5. The highest BCUT2D eigenvalue weighted by Gasteiger charge is 2.20. The zero-order valence-electron chi connectivity index (χ0n) is 13.0. The summed E-state index contributed by atoms with van der Waals surface area (Å²) in [6.45, 7) is 7.42. The molecule has 0 saturated heterocycles. The summed E-state index contributed by atoms with van der Waals surface area (Å²) >= 11 is 0. The second-order valence-corrected chi connectivity index (χ2v) is 5.99. The minimum absolute atomic E-state index is 0.204.